The first-order valence-electron chi connectivity index (χ1n) is 7.47. The zero-order valence-corrected chi connectivity index (χ0v) is 12.9. The third-order valence-electron chi connectivity index (χ3n) is 4.21. The Bertz CT molecular complexity index is 462. The molecule has 0 radical (unpaired) electrons. The van der Waals surface area contributed by atoms with Gasteiger partial charge in [-0.15, -0.1) is 0 Å². The molecule has 1 aromatic heterocycles. The fourth-order valence-corrected chi connectivity index (χ4v) is 3.09. The molecule has 1 amide bonds. The summed E-state index contributed by atoms with van der Waals surface area (Å²) in [5, 5.41) is 3.17. The molecule has 1 aliphatic carbocycles. The number of aromatic nitrogens is 2. The van der Waals surface area contributed by atoms with Crippen molar-refractivity contribution in [3.8, 4) is 0 Å². The third-order valence-corrected chi connectivity index (χ3v) is 4.21. The molecule has 1 N–H and O–H groups in total. The van der Waals surface area contributed by atoms with Gasteiger partial charge in [-0.25, -0.2) is 4.98 Å². The van der Waals surface area contributed by atoms with Crippen LogP contribution in [0.25, 0.3) is 0 Å². The summed E-state index contributed by atoms with van der Waals surface area (Å²) in [6.45, 7) is 8.64. The second-order valence-electron chi connectivity index (χ2n) is 6.88. The average molecular weight is 275 g/mol. The van der Waals surface area contributed by atoms with Gasteiger partial charge in [0, 0.05) is 12.2 Å². The Morgan fingerprint density at radius 3 is 2.50 bits per heavy atom. The molecule has 0 spiro atoms. The molecule has 2 atom stereocenters. The van der Waals surface area contributed by atoms with E-state index >= 15 is 0 Å². The molecule has 0 aromatic carbocycles. The van der Waals surface area contributed by atoms with Crippen molar-refractivity contribution in [3.63, 3.8) is 0 Å². The summed E-state index contributed by atoms with van der Waals surface area (Å²) in [5.41, 5.74) is 1.46. The first kappa shape index (κ1) is 14.9. The maximum atomic E-state index is 12.3. The molecule has 0 bridgehead atoms. The van der Waals surface area contributed by atoms with Crippen molar-refractivity contribution in [2.45, 2.75) is 59.4 Å². The summed E-state index contributed by atoms with van der Waals surface area (Å²) >= 11 is 0. The largest absolute Gasteiger partial charge is 0.348 e. The number of nitrogens with zero attached hydrogens (tertiary/aromatic N) is 2. The minimum atomic E-state index is -0.0985. The van der Waals surface area contributed by atoms with E-state index in [2.05, 4.69) is 36.1 Å². The topological polar surface area (TPSA) is 54.9 Å². The monoisotopic (exact) mass is 275 g/mol. The van der Waals surface area contributed by atoms with Crippen LogP contribution in [0.3, 0.4) is 0 Å². The predicted octanol–water partition coefficient (Wildman–Crippen LogP) is 3.12. The molecular weight excluding hydrogens is 250 g/mol. The Labute approximate surface area is 121 Å². The Balaban J connectivity index is 2.07. The fraction of sp³-hybridized carbons (Fsp3) is 0.688. The number of aryl methyl sites for hydroxylation is 1. The van der Waals surface area contributed by atoms with E-state index in [0.717, 1.165) is 12.1 Å². The molecule has 4 nitrogen and oxygen atoms in total. The van der Waals surface area contributed by atoms with Crippen LogP contribution in [0.5, 0.6) is 0 Å². The number of nitrogens with one attached hydrogen (secondary N) is 1. The normalized spacial score (nSPS) is 23.4. The van der Waals surface area contributed by atoms with Gasteiger partial charge in [-0.3, -0.25) is 9.78 Å². The number of carbonyl (C=O) groups is 1. The van der Waals surface area contributed by atoms with Gasteiger partial charge in [0.05, 0.1) is 11.9 Å². The van der Waals surface area contributed by atoms with Crippen molar-refractivity contribution >= 4 is 5.91 Å². The van der Waals surface area contributed by atoms with Gasteiger partial charge in [0.1, 0.15) is 5.69 Å². The Kier molecular flexibility index (Phi) is 4.41. The number of amides is 1. The molecule has 1 aliphatic rings. The van der Waals surface area contributed by atoms with E-state index in [1.165, 1.54) is 19.3 Å². The van der Waals surface area contributed by atoms with Crippen molar-refractivity contribution < 1.29 is 4.79 Å². The molecule has 20 heavy (non-hydrogen) atoms. The SMILES string of the molecule is Cc1cnc(C(=O)N[C@H]2CCCC[C@@H]2C(C)(C)C)cn1. The highest BCUT2D eigenvalue weighted by molar-refractivity contribution is 5.92. The Morgan fingerprint density at radius 2 is 1.90 bits per heavy atom. The van der Waals surface area contributed by atoms with Gasteiger partial charge in [-0.05, 0) is 31.1 Å². The van der Waals surface area contributed by atoms with Crippen molar-refractivity contribution in [2.24, 2.45) is 11.3 Å². The molecule has 1 aromatic rings. The maximum absolute atomic E-state index is 12.3. The zero-order chi connectivity index (χ0) is 14.8. The summed E-state index contributed by atoms with van der Waals surface area (Å²) in [6.07, 6.45) is 7.90. The van der Waals surface area contributed by atoms with Gasteiger partial charge in [-0.1, -0.05) is 33.6 Å². The fourth-order valence-electron chi connectivity index (χ4n) is 3.09. The molecule has 1 fully saturated rings. The number of hydrogen-bond donors (Lipinski definition) is 1. The van der Waals surface area contributed by atoms with Crippen LogP contribution >= 0.6 is 0 Å². The Morgan fingerprint density at radius 1 is 1.20 bits per heavy atom. The highest BCUT2D eigenvalue weighted by Gasteiger charge is 2.35. The maximum Gasteiger partial charge on any atom is 0.271 e. The summed E-state index contributed by atoms with van der Waals surface area (Å²) < 4.78 is 0. The lowest BCUT2D eigenvalue weighted by Crippen LogP contribution is -2.46. The van der Waals surface area contributed by atoms with Gasteiger partial charge >= 0.3 is 0 Å². The standard InChI is InChI=1S/C16H25N3O/c1-11-9-18-14(10-17-11)15(20)19-13-8-6-5-7-12(13)16(2,3)4/h9-10,12-13H,5-8H2,1-4H3,(H,19,20)/t12-,13-/m0/s1. The number of hydrogen-bond acceptors (Lipinski definition) is 3. The minimum absolute atomic E-state index is 0.0985. The first-order chi connectivity index (χ1) is 9.38. The van der Waals surface area contributed by atoms with Crippen LogP contribution in [0, 0.1) is 18.3 Å². The smallest absolute Gasteiger partial charge is 0.271 e. The minimum Gasteiger partial charge on any atom is -0.348 e. The number of carbonyl (C=O) groups excluding carboxylic acids is 1. The van der Waals surface area contributed by atoms with E-state index in [-0.39, 0.29) is 17.4 Å². The molecule has 4 heteroatoms. The van der Waals surface area contributed by atoms with Gasteiger partial charge in [0.25, 0.3) is 5.91 Å². The molecule has 0 saturated heterocycles. The summed E-state index contributed by atoms with van der Waals surface area (Å²) in [5.74, 6) is 0.428. The quantitative estimate of drug-likeness (QED) is 0.902. The van der Waals surface area contributed by atoms with Crippen molar-refractivity contribution in [2.75, 3.05) is 0 Å². The molecular formula is C16H25N3O. The van der Waals surface area contributed by atoms with E-state index in [4.69, 9.17) is 0 Å². The van der Waals surface area contributed by atoms with Gasteiger partial charge in [0.2, 0.25) is 0 Å². The zero-order valence-electron chi connectivity index (χ0n) is 12.9. The van der Waals surface area contributed by atoms with Crippen LogP contribution in [-0.4, -0.2) is 21.9 Å². The lowest BCUT2D eigenvalue weighted by Gasteiger charge is -2.40. The molecule has 0 unspecified atom stereocenters. The molecule has 1 heterocycles. The summed E-state index contributed by atoms with van der Waals surface area (Å²) in [7, 11) is 0. The van der Waals surface area contributed by atoms with Crippen LogP contribution < -0.4 is 5.32 Å². The van der Waals surface area contributed by atoms with E-state index in [1.807, 2.05) is 6.92 Å². The lowest BCUT2D eigenvalue weighted by molar-refractivity contribution is 0.0825. The van der Waals surface area contributed by atoms with Crippen LogP contribution in [-0.2, 0) is 0 Å². The van der Waals surface area contributed by atoms with Crippen LogP contribution in [0.1, 0.15) is 62.6 Å². The van der Waals surface area contributed by atoms with Gasteiger partial charge < -0.3 is 5.32 Å². The van der Waals surface area contributed by atoms with E-state index in [1.54, 1.807) is 12.4 Å². The highest BCUT2D eigenvalue weighted by atomic mass is 16.1. The molecule has 1 saturated carbocycles. The first-order valence-corrected chi connectivity index (χ1v) is 7.47. The second-order valence-corrected chi connectivity index (χ2v) is 6.88. The third kappa shape index (κ3) is 3.56. The van der Waals surface area contributed by atoms with Gasteiger partial charge in [-0.2, -0.15) is 0 Å². The van der Waals surface area contributed by atoms with Crippen molar-refractivity contribution in [1.82, 2.24) is 15.3 Å². The van der Waals surface area contributed by atoms with Crippen molar-refractivity contribution in [3.05, 3.63) is 23.8 Å². The average Bonchev–Trinajstić information content (AvgIpc) is 2.38. The predicted molar refractivity (Wildman–Crippen MR) is 79.4 cm³/mol. The van der Waals surface area contributed by atoms with E-state index in [9.17, 15) is 4.79 Å². The Hall–Kier alpha value is -1.45. The lowest BCUT2D eigenvalue weighted by atomic mass is 9.69. The van der Waals surface area contributed by atoms with Crippen LogP contribution in [0.4, 0.5) is 0 Å². The molecule has 0 aliphatic heterocycles. The van der Waals surface area contributed by atoms with Crippen molar-refractivity contribution in [1.29, 1.82) is 0 Å². The molecule has 2 rings (SSSR count). The van der Waals surface area contributed by atoms with Crippen LogP contribution in [0.2, 0.25) is 0 Å². The van der Waals surface area contributed by atoms with E-state index < -0.39 is 0 Å². The summed E-state index contributed by atoms with van der Waals surface area (Å²) in [6, 6.07) is 0.249. The second kappa shape index (κ2) is 5.90. The van der Waals surface area contributed by atoms with Crippen LogP contribution in [0.15, 0.2) is 12.4 Å². The summed E-state index contributed by atoms with van der Waals surface area (Å²) in [4.78, 5) is 20.6. The number of rotatable bonds is 2. The molecule has 110 valence electrons. The highest BCUT2D eigenvalue weighted by Crippen LogP contribution is 2.38. The van der Waals surface area contributed by atoms with E-state index in [0.29, 0.717) is 11.6 Å². The van der Waals surface area contributed by atoms with Gasteiger partial charge in [0.15, 0.2) is 0 Å².